The standard InChI is InChI=1S/C17H16BrNO2/c1-3-19-14-9-8-13(10-15(14)21-17(19)20)16(18)12-6-4-11(2)5-7-12/h4-10,16H,3H2,1-2H3. The number of aryl methyl sites for hydroxylation is 2. The van der Waals surface area contributed by atoms with Gasteiger partial charge in [0.2, 0.25) is 0 Å². The van der Waals surface area contributed by atoms with Crippen molar-refractivity contribution in [1.82, 2.24) is 4.57 Å². The van der Waals surface area contributed by atoms with Gasteiger partial charge >= 0.3 is 5.76 Å². The first-order chi connectivity index (χ1) is 10.1. The van der Waals surface area contributed by atoms with E-state index in [0.717, 1.165) is 11.1 Å². The van der Waals surface area contributed by atoms with Gasteiger partial charge in [0, 0.05) is 6.54 Å². The Morgan fingerprint density at radius 2 is 1.81 bits per heavy atom. The number of benzene rings is 2. The van der Waals surface area contributed by atoms with Crippen molar-refractivity contribution in [1.29, 1.82) is 0 Å². The van der Waals surface area contributed by atoms with E-state index in [1.165, 1.54) is 11.1 Å². The van der Waals surface area contributed by atoms with Crippen LogP contribution in [0.2, 0.25) is 0 Å². The Morgan fingerprint density at radius 3 is 2.48 bits per heavy atom. The molecule has 0 aliphatic heterocycles. The highest BCUT2D eigenvalue weighted by Crippen LogP contribution is 2.32. The van der Waals surface area contributed by atoms with Crippen molar-refractivity contribution in [2.75, 3.05) is 0 Å². The summed E-state index contributed by atoms with van der Waals surface area (Å²) >= 11 is 3.72. The van der Waals surface area contributed by atoms with Gasteiger partial charge in [-0.05, 0) is 37.1 Å². The maximum absolute atomic E-state index is 11.7. The van der Waals surface area contributed by atoms with Crippen molar-refractivity contribution in [2.45, 2.75) is 25.2 Å². The number of halogens is 1. The molecule has 108 valence electrons. The zero-order valence-corrected chi connectivity index (χ0v) is 13.6. The Hall–Kier alpha value is -1.81. The third kappa shape index (κ3) is 2.56. The van der Waals surface area contributed by atoms with E-state index >= 15 is 0 Å². The molecule has 1 unspecified atom stereocenters. The van der Waals surface area contributed by atoms with Gasteiger partial charge in [0.05, 0.1) is 10.3 Å². The molecule has 2 aromatic carbocycles. The Balaban J connectivity index is 2.04. The second-order valence-corrected chi connectivity index (χ2v) is 6.03. The molecule has 1 atom stereocenters. The van der Waals surface area contributed by atoms with E-state index in [4.69, 9.17) is 4.42 Å². The number of fused-ring (bicyclic) bond motifs is 1. The topological polar surface area (TPSA) is 35.1 Å². The van der Waals surface area contributed by atoms with Gasteiger partial charge in [0.25, 0.3) is 0 Å². The molecular weight excluding hydrogens is 330 g/mol. The van der Waals surface area contributed by atoms with E-state index in [2.05, 4.69) is 47.1 Å². The Labute approximate surface area is 131 Å². The second-order valence-electron chi connectivity index (χ2n) is 5.11. The summed E-state index contributed by atoms with van der Waals surface area (Å²) in [5, 5.41) is 0. The molecule has 1 aromatic heterocycles. The number of nitrogens with zero attached hydrogens (tertiary/aromatic N) is 1. The number of hydrogen-bond donors (Lipinski definition) is 0. The predicted molar refractivity (Wildman–Crippen MR) is 88.1 cm³/mol. The van der Waals surface area contributed by atoms with E-state index in [0.29, 0.717) is 12.1 Å². The van der Waals surface area contributed by atoms with E-state index in [1.54, 1.807) is 4.57 Å². The highest BCUT2D eigenvalue weighted by atomic mass is 79.9. The fraction of sp³-hybridized carbons (Fsp3) is 0.235. The molecule has 0 spiro atoms. The monoisotopic (exact) mass is 345 g/mol. The fourth-order valence-corrected chi connectivity index (χ4v) is 3.06. The molecule has 0 amide bonds. The zero-order chi connectivity index (χ0) is 15.0. The van der Waals surface area contributed by atoms with Gasteiger partial charge < -0.3 is 4.42 Å². The largest absolute Gasteiger partial charge is 0.419 e. The lowest BCUT2D eigenvalue weighted by Gasteiger charge is -2.11. The molecule has 3 aromatic rings. The SMILES string of the molecule is CCn1c(=O)oc2cc(C(Br)c3ccc(C)cc3)ccc21. The molecule has 21 heavy (non-hydrogen) atoms. The van der Waals surface area contributed by atoms with Gasteiger partial charge in [-0.15, -0.1) is 0 Å². The summed E-state index contributed by atoms with van der Waals surface area (Å²) in [7, 11) is 0. The summed E-state index contributed by atoms with van der Waals surface area (Å²) in [6.45, 7) is 4.62. The predicted octanol–water partition coefficient (Wildman–Crippen LogP) is 4.41. The van der Waals surface area contributed by atoms with Crippen molar-refractivity contribution >= 4 is 27.0 Å². The van der Waals surface area contributed by atoms with Crippen LogP contribution in [0.15, 0.2) is 51.7 Å². The van der Waals surface area contributed by atoms with Crippen LogP contribution in [0.25, 0.3) is 11.1 Å². The maximum atomic E-state index is 11.7. The van der Waals surface area contributed by atoms with Gasteiger partial charge in [0.1, 0.15) is 0 Å². The van der Waals surface area contributed by atoms with Crippen LogP contribution in [0.3, 0.4) is 0 Å². The number of hydrogen-bond acceptors (Lipinski definition) is 2. The van der Waals surface area contributed by atoms with Crippen LogP contribution in [-0.2, 0) is 6.54 Å². The Bertz CT molecular complexity index is 830. The summed E-state index contributed by atoms with van der Waals surface area (Å²) in [5.41, 5.74) is 4.96. The molecule has 1 heterocycles. The van der Waals surface area contributed by atoms with E-state index in [9.17, 15) is 4.79 Å². The molecule has 0 fully saturated rings. The average molecular weight is 346 g/mol. The third-order valence-corrected chi connectivity index (χ3v) is 4.73. The molecule has 0 bridgehead atoms. The molecule has 0 radical (unpaired) electrons. The van der Waals surface area contributed by atoms with Crippen molar-refractivity contribution in [2.24, 2.45) is 0 Å². The van der Waals surface area contributed by atoms with Crippen LogP contribution < -0.4 is 5.76 Å². The summed E-state index contributed by atoms with van der Waals surface area (Å²) in [6.07, 6.45) is 0. The number of aromatic nitrogens is 1. The Morgan fingerprint density at radius 1 is 1.14 bits per heavy atom. The maximum Gasteiger partial charge on any atom is 0.419 e. The second kappa shape index (κ2) is 5.53. The smallest absolute Gasteiger partial charge is 0.408 e. The third-order valence-electron chi connectivity index (χ3n) is 3.67. The molecule has 0 N–H and O–H groups in total. The van der Waals surface area contributed by atoms with Gasteiger partial charge in [-0.2, -0.15) is 0 Å². The van der Waals surface area contributed by atoms with Crippen LogP contribution in [0.5, 0.6) is 0 Å². The highest BCUT2D eigenvalue weighted by Gasteiger charge is 2.14. The fourth-order valence-electron chi connectivity index (χ4n) is 2.47. The first-order valence-electron chi connectivity index (χ1n) is 6.94. The minimum absolute atomic E-state index is 0.0813. The first kappa shape index (κ1) is 14.1. The molecular formula is C17H16BrNO2. The van der Waals surface area contributed by atoms with Crippen molar-refractivity contribution in [3.05, 3.63) is 69.7 Å². The molecule has 0 aliphatic carbocycles. The number of oxazole rings is 1. The Kier molecular flexibility index (Phi) is 3.72. The van der Waals surface area contributed by atoms with Crippen molar-refractivity contribution in [3.8, 4) is 0 Å². The van der Waals surface area contributed by atoms with Crippen molar-refractivity contribution in [3.63, 3.8) is 0 Å². The lowest BCUT2D eigenvalue weighted by Crippen LogP contribution is -2.11. The van der Waals surface area contributed by atoms with Crippen LogP contribution in [-0.4, -0.2) is 4.57 Å². The number of alkyl halides is 1. The lowest BCUT2D eigenvalue weighted by atomic mass is 10.0. The summed E-state index contributed by atoms with van der Waals surface area (Å²) in [4.78, 5) is 11.8. The van der Waals surface area contributed by atoms with E-state index in [1.807, 2.05) is 25.1 Å². The van der Waals surface area contributed by atoms with Crippen LogP contribution in [0, 0.1) is 6.92 Å². The minimum Gasteiger partial charge on any atom is -0.408 e. The van der Waals surface area contributed by atoms with Crippen LogP contribution in [0.1, 0.15) is 28.4 Å². The molecule has 3 rings (SSSR count). The summed E-state index contributed by atoms with van der Waals surface area (Å²) in [5.74, 6) is -0.300. The highest BCUT2D eigenvalue weighted by molar-refractivity contribution is 9.09. The summed E-state index contributed by atoms with van der Waals surface area (Å²) < 4.78 is 6.96. The molecule has 0 saturated carbocycles. The van der Waals surface area contributed by atoms with Gasteiger partial charge in [-0.3, -0.25) is 4.57 Å². The lowest BCUT2D eigenvalue weighted by molar-refractivity contribution is 0.513. The molecule has 4 heteroatoms. The zero-order valence-electron chi connectivity index (χ0n) is 12.0. The van der Waals surface area contributed by atoms with Crippen LogP contribution >= 0.6 is 15.9 Å². The van der Waals surface area contributed by atoms with E-state index < -0.39 is 0 Å². The summed E-state index contributed by atoms with van der Waals surface area (Å²) in [6, 6.07) is 14.3. The van der Waals surface area contributed by atoms with Gasteiger partial charge in [-0.1, -0.05) is 51.8 Å². The number of rotatable bonds is 3. The minimum atomic E-state index is -0.300. The van der Waals surface area contributed by atoms with Crippen molar-refractivity contribution < 1.29 is 4.42 Å². The first-order valence-corrected chi connectivity index (χ1v) is 7.85. The van der Waals surface area contributed by atoms with Gasteiger partial charge in [0.15, 0.2) is 5.58 Å². The quantitative estimate of drug-likeness (QED) is 0.659. The van der Waals surface area contributed by atoms with Crippen LogP contribution in [0.4, 0.5) is 0 Å². The van der Waals surface area contributed by atoms with E-state index in [-0.39, 0.29) is 10.6 Å². The molecule has 0 aliphatic rings. The van der Waals surface area contributed by atoms with Gasteiger partial charge in [-0.25, -0.2) is 4.79 Å². The molecule has 3 nitrogen and oxygen atoms in total. The normalized spacial score (nSPS) is 12.7. The average Bonchev–Trinajstić information content (AvgIpc) is 2.81. The molecule has 0 saturated heterocycles.